The molecule has 0 spiro atoms. The molecule has 1 heterocycles. The molecule has 0 radical (unpaired) electrons. The van der Waals surface area contributed by atoms with E-state index < -0.39 is 0 Å². The van der Waals surface area contributed by atoms with Crippen molar-refractivity contribution in [3.05, 3.63) is 90.8 Å². The van der Waals surface area contributed by atoms with Crippen LogP contribution in [0.2, 0.25) is 0 Å². The number of nitrogens with zero attached hydrogens (tertiary/aromatic N) is 1. The van der Waals surface area contributed by atoms with Crippen molar-refractivity contribution in [2.24, 2.45) is 5.92 Å². The lowest BCUT2D eigenvalue weighted by atomic mass is 9.85. The van der Waals surface area contributed by atoms with Crippen molar-refractivity contribution < 1.29 is 14.3 Å². The molecule has 0 bridgehead atoms. The Balaban J connectivity index is 1.42. The summed E-state index contributed by atoms with van der Waals surface area (Å²) >= 11 is 7.38. The lowest BCUT2D eigenvalue weighted by Gasteiger charge is -2.39. The third-order valence-corrected chi connectivity index (χ3v) is 9.79. The van der Waals surface area contributed by atoms with E-state index in [4.69, 9.17) is 9.47 Å². The number of para-hydroxylation sites is 1. The highest BCUT2D eigenvalue weighted by molar-refractivity contribution is 14.1. The smallest absolute Gasteiger partial charge is 0.262 e. The van der Waals surface area contributed by atoms with Crippen LogP contribution in [-0.4, -0.2) is 29.0 Å². The molecule has 0 aromatic heterocycles. The largest absolute Gasteiger partial charge is 0.490 e. The molecule has 2 fully saturated rings. The van der Waals surface area contributed by atoms with E-state index >= 15 is 0 Å². The van der Waals surface area contributed by atoms with Gasteiger partial charge in [0.1, 0.15) is 6.61 Å². The summed E-state index contributed by atoms with van der Waals surface area (Å²) in [5.41, 5.74) is 2.87. The Labute approximate surface area is 263 Å². The van der Waals surface area contributed by atoms with Crippen LogP contribution in [-0.2, 0) is 11.4 Å². The summed E-state index contributed by atoms with van der Waals surface area (Å²) in [5, 5.41) is 3.62. The Morgan fingerprint density at radius 2 is 1.82 bits per heavy atom. The zero-order chi connectivity index (χ0) is 28.1. The van der Waals surface area contributed by atoms with Crippen LogP contribution in [0.3, 0.4) is 0 Å². The van der Waals surface area contributed by atoms with Gasteiger partial charge in [-0.25, -0.2) is 0 Å². The minimum atomic E-state index is -0.148. The second-order valence-corrected chi connectivity index (χ2v) is 13.4. The van der Waals surface area contributed by atoms with Crippen LogP contribution in [0, 0.1) is 9.49 Å². The van der Waals surface area contributed by atoms with Crippen LogP contribution in [0.25, 0.3) is 6.08 Å². The van der Waals surface area contributed by atoms with E-state index in [9.17, 15) is 4.79 Å². The monoisotopic (exact) mass is 732 g/mol. The summed E-state index contributed by atoms with van der Waals surface area (Å²) in [6.45, 7) is 5.22. The first-order valence-electron chi connectivity index (χ1n) is 13.8. The van der Waals surface area contributed by atoms with Crippen LogP contribution in [0.5, 0.6) is 11.5 Å². The molecule has 5 nitrogen and oxygen atoms in total. The van der Waals surface area contributed by atoms with Crippen molar-refractivity contribution in [2.45, 2.75) is 57.7 Å². The highest BCUT2D eigenvalue weighted by atomic mass is 127. The number of amides is 1. The maximum absolute atomic E-state index is 13.9. The maximum Gasteiger partial charge on any atom is 0.262 e. The van der Waals surface area contributed by atoms with Gasteiger partial charge in [0.15, 0.2) is 17.0 Å². The van der Waals surface area contributed by atoms with Crippen molar-refractivity contribution in [3.8, 4) is 11.5 Å². The molecule has 1 saturated carbocycles. The third kappa shape index (κ3) is 6.99. The average Bonchev–Trinajstić information content (AvgIpc) is 3.24. The Hall–Kier alpha value is -2.17. The van der Waals surface area contributed by atoms with Gasteiger partial charge in [-0.3, -0.25) is 4.79 Å². The summed E-state index contributed by atoms with van der Waals surface area (Å²) in [7, 11) is 0. The maximum atomic E-state index is 13.9. The van der Waals surface area contributed by atoms with Gasteiger partial charge in [0.25, 0.3) is 5.91 Å². The molecule has 1 aliphatic carbocycles. The zero-order valence-electron chi connectivity index (χ0n) is 22.7. The normalized spacial score (nSPS) is 22.0. The van der Waals surface area contributed by atoms with Gasteiger partial charge in [-0.1, -0.05) is 77.8 Å². The van der Waals surface area contributed by atoms with Crippen LogP contribution >= 0.6 is 50.3 Å². The molecular weight excluding hydrogens is 699 g/mol. The van der Waals surface area contributed by atoms with Gasteiger partial charge >= 0.3 is 0 Å². The fraction of sp³-hybridized carbons (Fsp3) is 0.344. The predicted octanol–water partition coefficient (Wildman–Crippen LogP) is 8.92. The van der Waals surface area contributed by atoms with E-state index in [2.05, 4.69) is 73.9 Å². The molecule has 1 N–H and O–H groups in total. The number of hydrogen-bond donors (Lipinski definition) is 1. The van der Waals surface area contributed by atoms with Crippen molar-refractivity contribution in [2.75, 3.05) is 11.9 Å². The van der Waals surface area contributed by atoms with Gasteiger partial charge in [-0.2, -0.15) is 0 Å². The lowest BCUT2D eigenvalue weighted by Crippen LogP contribution is -2.48. The highest BCUT2D eigenvalue weighted by Gasteiger charge is 2.43. The number of halogens is 2. The zero-order valence-corrected chi connectivity index (χ0v) is 27.3. The van der Waals surface area contributed by atoms with Gasteiger partial charge in [-0.05, 0) is 102 Å². The Morgan fingerprint density at radius 3 is 2.55 bits per heavy atom. The Bertz CT molecular complexity index is 1350. The molecular formula is C32H34BrIN2O3S. The minimum absolute atomic E-state index is 0.0979. The van der Waals surface area contributed by atoms with Crippen molar-refractivity contribution >= 4 is 68.0 Å². The first-order valence-corrected chi connectivity index (χ1v) is 16.5. The SMILES string of the molecule is CCOc1cc(/C=C2\SC(Nc3ccccc3)N([C@H]3CCCC[C@@H]3C)C2=O)cc(I)c1OCc1ccc(Br)cc1. The fourth-order valence-electron chi connectivity index (χ4n) is 5.33. The number of anilines is 1. The topological polar surface area (TPSA) is 50.8 Å². The van der Waals surface area contributed by atoms with Crippen LogP contribution < -0.4 is 14.8 Å². The summed E-state index contributed by atoms with van der Waals surface area (Å²) < 4.78 is 14.2. The lowest BCUT2D eigenvalue weighted by molar-refractivity contribution is -0.129. The standard InChI is InChI=1S/C32H34BrIN2O3S/c1-3-38-28-18-23(17-26(34)30(28)39-20-22-13-15-24(33)16-14-22)19-29-31(37)36(27-12-8-7-9-21(27)2)32(40-29)35-25-10-5-4-6-11-25/h4-6,10-11,13-19,21,27,32,35H,3,7-9,12,20H2,1-2H3/b29-19-/t21-,27-,32?/m0/s1. The van der Waals surface area contributed by atoms with Gasteiger partial charge in [0, 0.05) is 16.2 Å². The van der Waals surface area contributed by atoms with E-state index in [0.717, 1.165) is 54.8 Å². The molecule has 1 saturated heterocycles. The molecule has 5 rings (SSSR count). The summed E-state index contributed by atoms with van der Waals surface area (Å²) in [6.07, 6.45) is 6.61. The van der Waals surface area contributed by atoms with Gasteiger partial charge < -0.3 is 19.7 Å². The number of carbonyl (C=O) groups excluding carboxylic acids is 1. The second-order valence-electron chi connectivity index (χ2n) is 10.2. The van der Waals surface area contributed by atoms with Crippen molar-refractivity contribution in [1.82, 2.24) is 4.90 Å². The molecule has 1 aliphatic heterocycles. The molecule has 40 heavy (non-hydrogen) atoms. The number of nitrogens with one attached hydrogen (secondary N) is 1. The minimum Gasteiger partial charge on any atom is -0.490 e. The molecule has 3 aromatic rings. The Morgan fingerprint density at radius 1 is 1.07 bits per heavy atom. The average molecular weight is 734 g/mol. The molecule has 3 aromatic carbocycles. The van der Waals surface area contributed by atoms with E-state index in [1.807, 2.05) is 61.5 Å². The first kappa shape index (κ1) is 29.3. The predicted molar refractivity (Wildman–Crippen MR) is 176 cm³/mol. The fourth-order valence-corrected chi connectivity index (χ4v) is 7.59. The summed E-state index contributed by atoms with van der Waals surface area (Å²) in [5.74, 6) is 1.98. The number of carbonyl (C=O) groups is 1. The Kier molecular flexibility index (Phi) is 10.0. The number of hydrogen-bond acceptors (Lipinski definition) is 5. The van der Waals surface area contributed by atoms with Gasteiger partial charge in [-0.15, -0.1) is 0 Å². The third-order valence-electron chi connectivity index (χ3n) is 7.35. The number of rotatable bonds is 9. The highest BCUT2D eigenvalue weighted by Crippen LogP contribution is 2.43. The molecule has 8 heteroatoms. The number of ether oxygens (including phenoxy) is 2. The second kappa shape index (κ2) is 13.7. The molecule has 1 amide bonds. The van der Waals surface area contributed by atoms with E-state index in [0.29, 0.717) is 24.9 Å². The summed E-state index contributed by atoms with van der Waals surface area (Å²) in [6, 6.07) is 22.5. The van der Waals surface area contributed by atoms with E-state index in [1.165, 1.54) is 6.42 Å². The number of benzene rings is 3. The van der Waals surface area contributed by atoms with E-state index in [-0.39, 0.29) is 17.4 Å². The van der Waals surface area contributed by atoms with Crippen LogP contribution in [0.1, 0.15) is 50.7 Å². The van der Waals surface area contributed by atoms with Crippen molar-refractivity contribution in [3.63, 3.8) is 0 Å². The van der Waals surface area contributed by atoms with Gasteiger partial charge in [0.2, 0.25) is 0 Å². The van der Waals surface area contributed by atoms with Crippen LogP contribution in [0.4, 0.5) is 5.69 Å². The molecule has 1 unspecified atom stereocenters. The first-order chi connectivity index (χ1) is 19.4. The van der Waals surface area contributed by atoms with Crippen molar-refractivity contribution in [1.29, 1.82) is 0 Å². The molecule has 3 atom stereocenters. The molecule has 2 aliphatic rings. The van der Waals surface area contributed by atoms with Gasteiger partial charge in [0.05, 0.1) is 15.1 Å². The quantitative estimate of drug-likeness (QED) is 0.176. The van der Waals surface area contributed by atoms with E-state index in [1.54, 1.807) is 11.8 Å². The van der Waals surface area contributed by atoms with Crippen LogP contribution in [0.15, 0.2) is 76.1 Å². The summed E-state index contributed by atoms with van der Waals surface area (Å²) in [4.78, 5) is 16.8. The molecule has 210 valence electrons. The number of thioether (sulfide) groups is 1.